The maximum atomic E-state index is 13.5. The van der Waals surface area contributed by atoms with E-state index >= 15 is 0 Å². The molecule has 174 valence electrons. The van der Waals surface area contributed by atoms with Crippen molar-refractivity contribution in [3.05, 3.63) is 46.7 Å². The second-order valence-electron chi connectivity index (χ2n) is 8.59. The quantitative estimate of drug-likeness (QED) is 0.557. The molecule has 5 rings (SSSR count). The molecule has 1 amide bonds. The first-order chi connectivity index (χ1) is 15.8. The summed E-state index contributed by atoms with van der Waals surface area (Å²) in [5.74, 6) is 0.486. The molecule has 0 unspecified atom stereocenters. The maximum Gasteiger partial charge on any atom is 0.244 e. The van der Waals surface area contributed by atoms with Crippen LogP contribution >= 0.6 is 11.3 Å². The summed E-state index contributed by atoms with van der Waals surface area (Å²) >= 11 is 1.33. The van der Waals surface area contributed by atoms with Gasteiger partial charge in [-0.2, -0.15) is 9.29 Å². The average molecular weight is 487 g/mol. The van der Waals surface area contributed by atoms with Gasteiger partial charge >= 0.3 is 0 Å². The monoisotopic (exact) mass is 486 g/mol. The number of rotatable bonds is 4. The predicted molar refractivity (Wildman–Crippen MR) is 126 cm³/mol. The summed E-state index contributed by atoms with van der Waals surface area (Å²) in [7, 11) is -3.74. The van der Waals surface area contributed by atoms with Gasteiger partial charge in [-0.25, -0.2) is 8.42 Å². The molecule has 4 heterocycles. The van der Waals surface area contributed by atoms with Gasteiger partial charge in [0.15, 0.2) is 0 Å². The number of carbonyl (C=O) groups is 1. The molecule has 0 saturated carbocycles. The highest BCUT2D eigenvalue weighted by Gasteiger charge is 2.37. The Bertz CT molecular complexity index is 1300. The SMILES string of the molecule is Cc1nc(-c2cc(S(=O)(=O)N3CCC[C@H](C(=O)N4CCCc5ccccc54)C3)c(C)s2)no1. The van der Waals surface area contributed by atoms with Crippen LogP contribution in [0.1, 0.15) is 35.6 Å². The minimum atomic E-state index is -3.74. The van der Waals surface area contributed by atoms with E-state index in [4.69, 9.17) is 4.52 Å². The Morgan fingerprint density at radius 2 is 2.00 bits per heavy atom. The highest BCUT2D eigenvalue weighted by molar-refractivity contribution is 7.89. The van der Waals surface area contributed by atoms with Gasteiger partial charge in [-0.1, -0.05) is 23.4 Å². The lowest BCUT2D eigenvalue weighted by molar-refractivity contribution is -0.123. The van der Waals surface area contributed by atoms with E-state index < -0.39 is 10.0 Å². The third kappa shape index (κ3) is 4.11. The molecule has 2 aliphatic rings. The normalized spacial score (nSPS) is 19.5. The fourth-order valence-electron chi connectivity index (χ4n) is 4.72. The van der Waals surface area contributed by atoms with Gasteiger partial charge < -0.3 is 9.42 Å². The molecule has 0 bridgehead atoms. The van der Waals surface area contributed by atoms with Crippen LogP contribution in [0.3, 0.4) is 0 Å². The van der Waals surface area contributed by atoms with Gasteiger partial charge in [0.1, 0.15) is 0 Å². The zero-order chi connectivity index (χ0) is 23.2. The van der Waals surface area contributed by atoms with Crippen molar-refractivity contribution in [2.24, 2.45) is 5.92 Å². The lowest BCUT2D eigenvalue weighted by Gasteiger charge is -2.36. The van der Waals surface area contributed by atoms with E-state index in [1.54, 1.807) is 19.9 Å². The highest BCUT2D eigenvalue weighted by atomic mass is 32.2. The van der Waals surface area contributed by atoms with E-state index in [0.29, 0.717) is 47.4 Å². The van der Waals surface area contributed by atoms with Crippen molar-refractivity contribution < 1.29 is 17.7 Å². The Balaban J connectivity index is 1.38. The summed E-state index contributed by atoms with van der Waals surface area (Å²) in [6.07, 6.45) is 3.24. The van der Waals surface area contributed by atoms with Crippen LogP contribution in [-0.4, -0.2) is 48.4 Å². The average Bonchev–Trinajstić information content (AvgIpc) is 3.44. The van der Waals surface area contributed by atoms with Crippen LogP contribution in [0, 0.1) is 19.8 Å². The molecule has 0 spiro atoms. The van der Waals surface area contributed by atoms with E-state index in [1.807, 2.05) is 23.1 Å². The van der Waals surface area contributed by atoms with E-state index in [-0.39, 0.29) is 23.3 Å². The molecule has 2 aromatic heterocycles. The molecule has 1 saturated heterocycles. The number of anilines is 1. The van der Waals surface area contributed by atoms with Gasteiger partial charge in [-0.15, -0.1) is 11.3 Å². The van der Waals surface area contributed by atoms with Gasteiger partial charge in [0.05, 0.1) is 15.7 Å². The van der Waals surface area contributed by atoms with Crippen molar-refractivity contribution in [2.75, 3.05) is 24.5 Å². The number of fused-ring (bicyclic) bond motifs is 1. The second kappa shape index (κ2) is 8.66. The molecular weight excluding hydrogens is 460 g/mol. The standard InChI is InChI=1S/C23H26N4O4S2/c1-15-21(13-20(32-15)22-24-16(2)31-25-22)33(29,30)26-11-5-9-18(14-26)23(28)27-12-6-8-17-7-3-4-10-19(17)27/h3-4,7,10,13,18H,5-6,8-9,11-12,14H2,1-2H3/t18-/m0/s1. The summed E-state index contributed by atoms with van der Waals surface area (Å²) in [6, 6.07) is 9.61. The van der Waals surface area contributed by atoms with Crippen LogP contribution in [0.5, 0.6) is 0 Å². The molecule has 3 aromatic rings. The molecule has 0 radical (unpaired) electrons. The van der Waals surface area contributed by atoms with Crippen LogP contribution in [0.4, 0.5) is 5.69 Å². The number of sulfonamides is 1. The maximum absolute atomic E-state index is 13.5. The number of hydrogen-bond donors (Lipinski definition) is 0. The van der Waals surface area contributed by atoms with Gasteiger partial charge in [-0.05, 0) is 50.3 Å². The number of piperidine rings is 1. The zero-order valence-electron chi connectivity index (χ0n) is 18.7. The number of amides is 1. The van der Waals surface area contributed by atoms with Crippen molar-refractivity contribution in [3.8, 4) is 10.7 Å². The lowest BCUT2D eigenvalue weighted by atomic mass is 9.95. The van der Waals surface area contributed by atoms with Gasteiger partial charge in [0.25, 0.3) is 0 Å². The smallest absolute Gasteiger partial charge is 0.244 e. The molecule has 0 N–H and O–H groups in total. The summed E-state index contributed by atoms with van der Waals surface area (Å²) < 4.78 is 33.6. The topological polar surface area (TPSA) is 96.6 Å². The molecular formula is C23H26N4O4S2. The minimum Gasteiger partial charge on any atom is -0.339 e. The molecule has 2 aliphatic heterocycles. The fraction of sp³-hybridized carbons (Fsp3) is 0.435. The number of hydrogen-bond acceptors (Lipinski definition) is 7. The fourth-order valence-corrected chi connectivity index (χ4v) is 7.73. The first kappa shape index (κ1) is 22.2. The molecule has 1 aromatic carbocycles. The number of thiophene rings is 1. The first-order valence-electron chi connectivity index (χ1n) is 11.1. The molecule has 8 nitrogen and oxygen atoms in total. The lowest BCUT2D eigenvalue weighted by Crippen LogP contribution is -2.48. The molecule has 0 aliphatic carbocycles. The van der Waals surface area contributed by atoms with Crippen molar-refractivity contribution in [1.82, 2.24) is 14.4 Å². The highest BCUT2D eigenvalue weighted by Crippen LogP contribution is 2.36. The first-order valence-corrected chi connectivity index (χ1v) is 13.4. The van der Waals surface area contributed by atoms with E-state index in [0.717, 1.165) is 18.5 Å². The van der Waals surface area contributed by atoms with Crippen molar-refractivity contribution in [2.45, 2.75) is 44.4 Å². The number of carbonyl (C=O) groups excluding carboxylic acids is 1. The van der Waals surface area contributed by atoms with E-state index in [9.17, 15) is 13.2 Å². The number of aryl methyl sites for hydroxylation is 3. The van der Waals surface area contributed by atoms with Crippen LogP contribution in [-0.2, 0) is 21.2 Å². The Morgan fingerprint density at radius 1 is 1.18 bits per heavy atom. The second-order valence-corrected chi connectivity index (χ2v) is 11.8. The van der Waals surface area contributed by atoms with Crippen LogP contribution in [0.2, 0.25) is 0 Å². The Morgan fingerprint density at radius 3 is 2.79 bits per heavy atom. The van der Waals surface area contributed by atoms with Crippen molar-refractivity contribution in [3.63, 3.8) is 0 Å². The number of para-hydroxylation sites is 1. The van der Waals surface area contributed by atoms with E-state index in [2.05, 4.69) is 16.2 Å². The summed E-state index contributed by atoms with van der Waals surface area (Å²) in [6.45, 7) is 4.77. The predicted octanol–water partition coefficient (Wildman–Crippen LogP) is 3.80. The number of benzene rings is 1. The van der Waals surface area contributed by atoms with Crippen molar-refractivity contribution >= 4 is 33.0 Å². The Hall–Kier alpha value is -2.56. The van der Waals surface area contributed by atoms with Gasteiger partial charge in [-0.3, -0.25) is 4.79 Å². The summed E-state index contributed by atoms with van der Waals surface area (Å²) in [4.78, 5) is 21.1. The van der Waals surface area contributed by atoms with Crippen LogP contribution < -0.4 is 4.90 Å². The zero-order valence-corrected chi connectivity index (χ0v) is 20.3. The Kier molecular flexibility index (Phi) is 5.84. The molecule has 1 fully saturated rings. The molecule has 33 heavy (non-hydrogen) atoms. The van der Waals surface area contributed by atoms with Gasteiger partial charge in [0.2, 0.25) is 27.6 Å². The number of nitrogens with zero attached hydrogens (tertiary/aromatic N) is 4. The Labute approximate surface area is 197 Å². The third-order valence-electron chi connectivity index (χ3n) is 6.35. The molecule has 1 atom stereocenters. The van der Waals surface area contributed by atoms with Crippen LogP contribution in [0.15, 0.2) is 39.8 Å². The molecule has 10 heteroatoms. The van der Waals surface area contributed by atoms with Crippen molar-refractivity contribution in [1.29, 1.82) is 0 Å². The van der Waals surface area contributed by atoms with Crippen LogP contribution in [0.25, 0.3) is 10.7 Å². The largest absolute Gasteiger partial charge is 0.339 e. The van der Waals surface area contributed by atoms with Gasteiger partial charge in [0, 0.05) is 37.1 Å². The number of aromatic nitrogens is 2. The van der Waals surface area contributed by atoms with E-state index in [1.165, 1.54) is 21.2 Å². The summed E-state index contributed by atoms with van der Waals surface area (Å²) in [5, 5.41) is 3.91. The third-order valence-corrected chi connectivity index (χ3v) is 9.51. The minimum absolute atomic E-state index is 0.0204. The summed E-state index contributed by atoms with van der Waals surface area (Å²) in [5.41, 5.74) is 2.14.